The van der Waals surface area contributed by atoms with Gasteiger partial charge in [-0.1, -0.05) is 0 Å². The number of aromatic hydroxyl groups is 2. The monoisotopic (exact) mass is 172 g/mol. The average molecular weight is 172 g/mol. The summed E-state index contributed by atoms with van der Waals surface area (Å²) in [5.74, 6) is -0.444. The highest BCUT2D eigenvalue weighted by molar-refractivity contribution is 5.30. The van der Waals surface area contributed by atoms with Crippen molar-refractivity contribution in [3.63, 3.8) is 0 Å². The van der Waals surface area contributed by atoms with Gasteiger partial charge in [0.1, 0.15) is 12.5 Å². The molecule has 0 amide bonds. The molecule has 0 saturated carbocycles. The molecular formula is C8H12O4. The van der Waals surface area contributed by atoms with Gasteiger partial charge >= 0.3 is 0 Å². The summed E-state index contributed by atoms with van der Waals surface area (Å²) in [6.45, 7) is 2.00. The molecule has 0 bridgehead atoms. The fourth-order valence-electron chi connectivity index (χ4n) is 0.794. The summed E-state index contributed by atoms with van der Waals surface area (Å²) in [4.78, 5) is 0. The zero-order valence-corrected chi connectivity index (χ0v) is 6.69. The molecule has 1 aromatic rings. The van der Waals surface area contributed by atoms with Gasteiger partial charge in [0, 0.05) is 13.2 Å². The summed E-state index contributed by atoms with van der Waals surface area (Å²) in [7, 11) is 0. The second-order valence-electron chi connectivity index (χ2n) is 2.46. The van der Waals surface area contributed by atoms with Gasteiger partial charge in [0.25, 0.3) is 0 Å². The molecular weight excluding hydrogens is 160 g/mol. The molecule has 4 heteroatoms. The summed E-state index contributed by atoms with van der Waals surface area (Å²) in [5, 5.41) is 16.8. The van der Waals surface area contributed by atoms with E-state index in [-0.39, 0.29) is 11.5 Å². The standard InChI is InChI=1S/C4H4O3.C4H8O/c5-3-1-7-2-4(3)6;1-2-4-5-3-1/h1-2,5-6H;1-4H2. The number of rotatable bonds is 0. The van der Waals surface area contributed by atoms with Crippen LogP contribution in [0.15, 0.2) is 16.9 Å². The molecule has 1 aromatic heterocycles. The van der Waals surface area contributed by atoms with Crippen molar-refractivity contribution in [2.24, 2.45) is 0 Å². The van der Waals surface area contributed by atoms with Gasteiger partial charge in [0.05, 0.1) is 0 Å². The zero-order valence-electron chi connectivity index (χ0n) is 6.69. The highest BCUT2D eigenvalue weighted by Gasteiger charge is 1.95. The quantitative estimate of drug-likeness (QED) is 0.622. The molecule has 2 N–H and O–H groups in total. The molecule has 1 fully saturated rings. The van der Waals surface area contributed by atoms with Crippen molar-refractivity contribution in [3.8, 4) is 11.5 Å². The maximum atomic E-state index is 8.42. The Kier molecular flexibility index (Phi) is 3.47. The lowest BCUT2D eigenvalue weighted by atomic mass is 10.4. The number of hydrogen-bond donors (Lipinski definition) is 2. The van der Waals surface area contributed by atoms with E-state index in [1.807, 2.05) is 0 Å². The molecule has 1 saturated heterocycles. The molecule has 0 spiro atoms. The van der Waals surface area contributed by atoms with Gasteiger partial charge in [-0.15, -0.1) is 0 Å². The number of furan rings is 1. The molecule has 0 aliphatic carbocycles. The minimum absolute atomic E-state index is 0.222. The Morgan fingerprint density at radius 1 is 1.00 bits per heavy atom. The van der Waals surface area contributed by atoms with Crippen LogP contribution in [-0.2, 0) is 4.74 Å². The smallest absolute Gasteiger partial charge is 0.196 e. The van der Waals surface area contributed by atoms with Gasteiger partial charge in [-0.3, -0.25) is 0 Å². The van der Waals surface area contributed by atoms with Gasteiger partial charge < -0.3 is 19.4 Å². The Bertz CT molecular complexity index is 190. The van der Waals surface area contributed by atoms with Crippen LogP contribution in [0, 0.1) is 0 Å². The van der Waals surface area contributed by atoms with E-state index in [1.54, 1.807) is 0 Å². The van der Waals surface area contributed by atoms with Crippen LogP contribution in [-0.4, -0.2) is 23.4 Å². The lowest BCUT2D eigenvalue weighted by molar-refractivity contribution is 0.198. The topological polar surface area (TPSA) is 62.8 Å². The van der Waals surface area contributed by atoms with Crippen molar-refractivity contribution in [1.29, 1.82) is 0 Å². The first kappa shape index (κ1) is 8.93. The van der Waals surface area contributed by atoms with Crippen LogP contribution in [0.25, 0.3) is 0 Å². The summed E-state index contributed by atoms with van der Waals surface area (Å²) >= 11 is 0. The van der Waals surface area contributed by atoms with Crippen LogP contribution >= 0.6 is 0 Å². The molecule has 0 radical (unpaired) electrons. The van der Waals surface area contributed by atoms with E-state index in [2.05, 4.69) is 4.42 Å². The molecule has 1 aliphatic heterocycles. The third-order valence-electron chi connectivity index (χ3n) is 1.45. The summed E-state index contributed by atoms with van der Waals surface area (Å²) in [6.07, 6.45) is 4.66. The normalized spacial score (nSPS) is 15.3. The van der Waals surface area contributed by atoms with Gasteiger partial charge in [-0.25, -0.2) is 0 Å². The van der Waals surface area contributed by atoms with Crippen molar-refractivity contribution >= 4 is 0 Å². The highest BCUT2D eigenvalue weighted by Crippen LogP contribution is 2.23. The summed E-state index contributed by atoms with van der Waals surface area (Å²) in [5.41, 5.74) is 0. The molecule has 4 nitrogen and oxygen atoms in total. The van der Waals surface area contributed by atoms with Gasteiger partial charge in [0.15, 0.2) is 11.5 Å². The average Bonchev–Trinajstić information content (AvgIpc) is 2.67. The molecule has 12 heavy (non-hydrogen) atoms. The predicted molar refractivity (Wildman–Crippen MR) is 42.1 cm³/mol. The first-order valence-corrected chi connectivity index (χ1v) is 3.82. The van der Waals surface area contributed by atoms with Gasteiger partial charge in [-0.2, -0.15) is 0 Å². The van der Waals surface area contributed by atoms with E-state index in [0.29, 0.717) is 0 Å². The van der Waals surface area contributed by atoms with Gasteiger partial charge in [-0.05, 0) is 12.8 Å². The molecule has 68 valence electrons. The van der Waals surface area contributed by atoms with Crippen LogP contribution in [0.3, 0.4) is 0 Å². The SMILES string of the molecule is C1CCOC1.Oc1cocc1O. The lowest BCUT2D eigenvalue weighted by Gasteiger charge is -1.76. The minimum atomic E-state index is -0.222. The third kappa shape index (κ3) is 2.84. The second-order valence-corrected chi connectivity index (χ2v) is 2.46. The largest absolute Gasteiger partial charge is 0.502 e. The molecule has 0 unspecified atom stereocenters. The van der Waals surface area contributed by atoms with Crippen LogP contribution in [0.5, 0.6) is 11.5 Å². The minimum Gasteiger partial charge on any atom is -0.502 e. The molecule has 1 aliphatic rings. The lowest BCUT2D eigenvalue weighted by Crippen LogP contribution is -1.74. The maximum absolute atomic E-state index is 8.42. The Hall–Kier alpha value is -1.16. The Balaban J connectivity index is 0.000000127. The number of ether oxygens (including phenoxy) is 1. The van der Waals surface area contributed by atoms with Crippen molar-refractivity contribution in [3.05, 3.63) is 12.5 Å². The fraction of sp³-hybridized carbons (Fsp3) is 0.500. The molecule has 2 heterocycles. The summed E-state index contributed by atoms with van der Waals surface area (Å²) in [6, 6.07) is 0. The maximum Gasteiger partial charge on any atom is 0.196 e. The third-order valence-corrected chi connectivity index (χ3v) is 1.45. The first-order chi connectivity index (χ1) is 5.80. The van der Waals surface area contributed by atoms with Crippen LogP contribution in [0.2, 0.25) is 0 Å². The summed E-state index contributed by atoms with van der Waals surface area (Å²) < 4.78 is 9.29. The predicted octanol–water partition coefficient (Wildman–Crippen LogP) is 1.49. The molecule has 0 aromatic carbocycles. The Morgan fingerprint density at radius 2 is 1.50 bits per heavy atom. The van der Waals surface area contributed by atoms with E-state index >= 15 is 0 Å². The molecule has 2 rings (SSSR count). The first-order valence-electron chi connectivity index (χ1n) is 3.82. The van der Waals surface area contributed by atoms with Crippen molar-refractivity contribution in [1.82, 2.24) is 0 Å². The van der Waals surface area contributed by atoms with Gasteiger partial charge in [0.2, 0.25) is 0 Å². The van der Waals surface area contributed by atoms with E-state index in [0.717, 1.165) is 25.7 Å². The van der Waals surface area contributed by atoms with Crippen molar-refractivity contribution in [2.45, 2.75) is 12.8 Å². The second kappa shape index (κ2) is 4.66. The van der Waals surface area contributed by atoms with E-state index in [4.69, 9.17) is 14.9 Å². The Morgan fingerprint density at radius 3 is 1.67 bits per heavy atom. The van der Waals surface area contributed by atoms with E-state index < -0.39 is 0 Å². The van der Waals surface area contributed by atoms with E-state index in [9.17, 15) is 0 Å². The van der Waals surface area contributed by atoms with Crippen molar-refractivity contribution < 1.29 is 19.4 Å². The Labute approximate surface area is 70.4 Å². The van der Waals surface area contributed by atoms with Crippen LogP contribution in [0.1, 0.15) is 12.8 Å². The van der Waals surface area contributed by atoms with Crippen LogP contribution < -0.4 is 0 Å². The van der Waals surface area contributed by atoms with Crippen LogP contribution in [0.4, 0.5) is 0 Å². The highest BCUT2D eigenvalue weighted by atomic mass is 16.5. The zero-order chi connectivity index (χ0) is 8.81. The fourth-order valence-corrected chi connectivity index (χ4v) is 0.794. The molecule has 0 atom stereocenters. The van der Waals surface area contributed by atoms with Crippen molar-refractivity contribution in [2.75, 3.05) is 13.2 Å². The van der Waals surface area contributed by atoms with E-state index in [1.165, 1.54) is 12.8 Å². The number of hydrogen-bond acceptors (Lipinski definition) is 4.